The molecule has 2 amide bonds. The van der Waals surface area contributed by atoms with E-state index in [1.807, 2.05) is 30.3 Å². The van der Waals surface area contributed by atoms with Crippen molar-refractivity contribution in [2.75, 3.05) is 11.1 Å². The van der Waals surface area contributed by atoms with E-state index < -0.39 is 0 Å². The zero-order valence-corrected chi connectivity index (χ0v) is 15.4. The van der Waals surface area contributed by atoms with Gasteiger partial charge in [0.2, 0.25) is 11.8 Å². The number of thioether (sulfide) groups is 1. The van der Waals surface area contributed by atoms with E-state index in [9.17, 15) is 9.59 Å². The van der Waals surface area contributed by atoms with Gasteiger partial charge in [0.15, 0.2) is 0 Å². The van der Waals surface area contributed by atoms with Crippen LogP contribution in [0.5, 0.6) is 0 Å². The predicted molar refractivity (Wildman–Crippen MR) is 105 cm³/mol. The van der Waals surface area contributed by atoms with Crippen LogP contribution in [0, 0.1) is 0 Å². The lowest BCUT2D eigenvalue weighted by atomic mass is 10.1. The molecule has 6 nitrogen and oxygen atoms in total. The molecule has 0 aromatic heterocycles. The van der Waals surface area contributed by atoms with Crippen LogP contribution < -0.4 is 21.5 Å². The van der Waals surface area contributed by atoms with Crippen molar-refractivity contribution in [3.05, 3.63) is 65.2 Å². The minimum Gasteiger partial charge on any atom is -0.329 e. The van der Waals surface area contributed by atoms with Gasteiger partial charge in [0.05, 0.1) is 5.75 Å². The minimum atomic E-state index is -0.375. The summed E-state index contributed by atoms with van der Waals surface area (Å²) in [5.74, 6) is -0.0738. The second kappa shape index (κ2) is 9.05. The lowest BCUT2D eigenvalue weighted by molar-refractivity contribution is -0.125. The SMILES string of the molecule is O=C(CSC1NNC(Cc2ccccc2)C(=O)N1)Nc1cccc(Cl)c1. The second-order valence-corrected chi connectivity index (χ2v) is 7.32. The van der Waals surface area contributed by atoms with Crippen molar-refractivity contribution < 1.29 is 9.59 Å². The van der Waals surface area contributed by atoms with Crippen molar-refractivity contribution in [3.63, 3.8) is 0 Å². The fourth-order valence-electron chi connectivity index (χ4n) is 2.51. The summed E-state index contributed by atoms with van der Waals surface area (Å²) < 4.78 is 0. The predicted octanol–water partition coefficient (Wildman–Crippen LogP) is 2.13. The van der Waals surface area contributed by atoms with Gasteiger partial charge in [-0.25, -0.2) is 10.9 Å². The first-order chi connectivity index (χ1) is 12.6. The van der Waals surface area contributed by atoms with Crippen molar-refractivity contribution in [1.29, 1.82) is 0 Å². The highest BCUT2D eigenvalue weighted by Gasteiger charge is 2.27. The van der Waals surface area contributed by atoms with Gasteiger partial charge in [0.25, 0.3) is 0 Å². The summed E-state index contributed by atoms with van der Waals surface area (Å²) in [6.45, 7) is 0. The van der Waals surface area contributed by atoms with Gasteiger partial charge in [-0.2, -0.15) is 0 Å². The topological polar surface area (TPSA) is 82.3 Å². The van der Waals surface area contributed by atoms with Crippen LogP contribution in [0.25, 0.3) is 0 Å². The van der Waals surface area contributed by atoms with E-state index >= 15 is 0 Å². The van der Waals surface area contributed by atoms with Gasteiger partial charge in [0, 0.05) is 10.7 Å². The Bertz CT molecular complexity index is 775. The van der Waals surface area contributed by atoms with E-state index in [0.717, 1.165) is 5.56 Å². The number of hydrogen-bond donors (Lipinski definition) is 4. The fraction of sp³-hybridized carbons (Fsp3) is 0.222. The van der Waals surface area contributed by atoms with Crippen LogP contribution >= 0.6 is 23.4 Å². The van der Waals surface area contributed by atoms with Gasteiger partial charge in [-0.3, -0.25) is 9.59 Å². The first-order valence-electron chi connectivity index (χ1n) is 8.12. The van der Waals surface area contributed by atoms with Gasteiger partial charge >= 0.3 is 0 Å². The molecule has 26 heavy (non-hydrogen) atoms. The maximum absolute atomic E-state index is 12.2. The third-order valence-electron chi connectivity index (χ3n) is 3.75. The molecule has 1 aliphatic rings. The number of nitrogens with one attached hydrogen (secondary N) is 4. The van der Waals surface area contributed by atoms with Crippen LogP contribution in [0.15, 0.2) is 54.6 Å². The zero-order valence-electron chi connectivity index (χ0n) is 13.9. The molecule has 1 fully saturated rings. The van der Waals surface area contributed by atoms with E-state index in [0.29, 0.717) is 17.1 Å². The van der Waals surface area contributed by atoms with Crippen LogP contribution in [0.4, 0.5) is 5.69 Å². The van der Waals surface area contributed by atoms with E-state index in [-0.39, 0.29) is 29.1 Å². The van der Waals surface area contributed by atoms with Crippen LogP contribution in [0.3, 0.4) is 0 Å². The minimum absolute atomic E-state index is 0.0969. The molecule has 0 aliphatic carbocycles. The molecule has 0 saturated carbocycles. The number of rotatable bonds is 6. The molecule has 1 aliphatic heterocycles. The Morgan fingerprint density at radius 2 is 1.92 bits per heavy atom. The summed E-state index contributed by atoms with van der Waals surface area (Å²) in [4.78, 5) is 24.3. The molecule has 2 unspecified atom stereocenters. The highest BCUT2D eigenvalue weighted by Crippen LogP contribution is 2.16. The van der Waals surface area contributed by atoms with Crippen LogP contribution in [-0.4, -0.2) is 29.1 Å². The maximum Gasteiger partial charge on any atom is 0.240 e. The van der Waals surface area contributed by atoms with Gasteiger partial charge in [-0.05, 0) is 30.2 Å². The molecule has 1 saturated heterocycles. The Labute approximate surface area is 161 Å². The Balaban J connectivity index is 1.43. The molecule has 2 atom stereocenters. The molecule has 1 heterocycles. The van der Waals surface area contributed by atoms with Crippen LogP contribution in [0.1, 0.15) is 5.56 Å². The molecule has 0 bridgehead atoms. The number of hydrazine groups is 1. The van der Waals surface area contributed by atoms with Crippen molar-refractivity contribution in [3.8, 4) is 0 Å². The monoisotopic (exact) mass is 390 g/mol. The van der Waals surface area contributed by atoms with E-state index in [1.54, 1.807) is 24.3 Å². The zero-order chi connectivity index (χ0) is 18.4. The quantitative estimate of drug-likeness (QED) is 0.607. The lowest BCUT2D eigenvalue weighted by Crippen LogP contribution is -2.64. The number of carbonyl (C=O) groups excluding carboxylic acids is 2. The van der Waals surface area contributed by atoms with E-state index in [2.05, 4.69) is 21.5 Å². The number of carbonyl (C=O) groups is 2. The average Bonchev–Trinajstić information content (AvgIpc) is 2.63. The maximum atomic E-state index is 12.2. The summed E-state index contributed by atoms with van der Waals surface area (Å²) in [6, 6.07) is 16.4. The molecule has 8 heteroatoms. The van der Waals surface area contributed by atoms with Crippen molar-refractivity contribution in [1.82, 2.24) is 16.2 Å². The number of halogens is 1. The summed E-state index contributed by atoms with van der Waals surface area (Å²) >= 11 is 7.18. The number of anilines is 1. The van der Waals surface area contributed by atoms with Gasteiger partial charge in [-0.1, -0.05) is 48.0 Å². The van der Waals surface area contributed by atoms with Crippen molar-refractivity contribution in [2.24, 2.45) is 0 Å². The molecular formula is C18H19ClN4O2S. The molecular weight excluding hydrogens is 372 g/mol. The van der Waals surface area contributed by atoms with E-state index in [4.69, 9.17) is 11.6 Å². The number of amides is 2. The molecule has 3 rings (SSSR count). The molecule has 2 aromatic carbocycles. The van der Waals surface area contributed by atoms with Crippen molar-refractivity contribution >= 4 is 40.9 Å². The van der Waals surface area contributed by atoms with Crippen LogP contribution in [0.2, 0.25) is 5.02 Å². The number of hydrogen-bond acceptors (Lipinski definition) is 5. The summed E-state index contributed by atoms with van der Waals surface area (Å²) in [5.41, 5.74) is 7.39. The molecule has 136 valence electrons. The highest BCUT2D eigenvalue weighted by atomic mass is 35.5. The first kappa shape index (κ1) is 18.7. The molecule has 0 radical (unpaired) electrons. The Morgan fingerprint density at radius 3 is 2.65 bits per heavy atom. The van der Waals surface area contributed by atoms with Gasteiger partial charge in [0.1, 0.15) is 11.5 Å². The first-order valence-corrected chi connectivity index (χ1v) is 9.55. The molecule has 2 aromatic rings. The fourth-order valence-corrected chi connectivity index (χ4v) is 3.44. The summed E-state index contributed by atoms with van der Waals surface area (Å²) in [5, 5.41) is 6.19. The summed E-state index contributed by atoms with van der Waals surface area (Å²) in [7, 11) is 0. The van der Waals surface area contributed by atoms with Crippen molar-refractivity contribution in [2.45, 2.75) is 18.0 Å². The standard InChI is InChI=1S/C18H19ClN4O2S/c19-13-7-4-8-14(10-13)20-16(24)11-26-18-21-17(25)15(22-23-18)9-12-5-2-1-3-6-12/h1-8,10,15,18,22-23H,9,11H2,(H,20,24)(H,21,25). The highest BCUT2D eigenvalue weighted by molar-refractivity contribution is 8.00. The van der Waals surface area contributed by atoms with Crippen LogP contribution in [-0.2, 0) is 16.0 Å². The van der Waals surface area contributed by atoms with Gasteiger partial charge in [-0.15, -0.1) is 11.8 Å². The molecule has 4 N–H and O–H groups in total. The van der Waals surface area contributed by atoms with Gasteiger partial charge < -0.3 is 10.6 Å². The largest absolute Gasteiger partial charge is 0.329 e. The Kier molecular flexibility index (Phi) is 6.51. The number of benzene rings is 2. The lowest BCUT2D eigenvalue weighted by Gasteiger charge is -2.31. The third kappa shape index (κ3) is 5.47. The third-order valence-corrected chi connectivity index (χ3v) is 4.98. The molecule has 0 spiro atoms. The smallest absolute Gasteiger partial charge is 0.240 e. The second-order valence-electron chi connectivity index (χ2n) is 5.79. The normalized spacial score (nSPS) is 19.7. The average molecular weight is 391 g/mol. The Morgan fingerprint density at radius 1 is 1.12 bits per heavy atom. The Hall–Kier alpha value is -2.06. The van der Waals surface area contributed by atoms with E-state index in [1.165, 1.54) is 11.8 Å². The summed E-state index contributed by atoms with van der Waals surface area (Å²) in [6.07, 6.45) is 0.590.